The van der Waals surface area contributed by atoms with E-state index >= 15 is 0 Å². The Hall–Kier alpha value is -2.45. The summed E-state index contributed by atoms with van der Waals surface area (Å²) in [4.78, 5) is 0. The number of aryl methyl sites for hydroxylation is 2. The van der Waals surface area contributed by atoms with Gasteiger partial charge in [0.1, 0.15) is 12.4 Å². The summed E-state index contributed by atoms with van der Waals surface area (Å²) in [5.74, 6) is 0.875. The van der Waals surface area contributed by atoms with Gasteiger partial charge in [-0.3, -0.25) is 0 Å². The Kier molecular flexibility index (Phi) is 5.62. The molecular formula is C22H22ClNO. The van der Waals surface area contributed by atoms with Gasteiger partial charge >= 0.3 is 0 Å². The highest BCUT2D eigenvalue weighted by Crippen LogP contribution is 2.24. The molecule has 3 aromatic carbocycles. The molecule has 0 fully saturated rings. The highest BCUT2D eigenvalue weighted by Gasteiger charge is 2.06. The van der Waals surface area contributed by atoms with Gasteiger partial charge in [0.05, 0.1) is 0 Å². The number of rotatable bonds is 6. The maximum absolute atomic E-state index is 6.21. The molecule has 3 rings (SSSR count). The molecule has 3 aromatic rings. The van der Waals surface area contributed by atoms with E-state index in [4.69, 9.17) is 16.3 Å². The van der Waals surface area contributed by atoms with E-state index in [1.165, 1.54) is 11.1 Å². The molecule has 128 valence electrons. The molecule has 0 saturated carbocycles. The highest BCUT2D eigenvalue weighted by atomic mass is 35.5. The zero-order chi connectivity index (χ0) is 17.6. The van der Waals surface area contributed by atoms with Crippen molar-refractivity contribution >= 4 is 17.3 Å². The second-order valence-electron chi connectivity index (χ2n) is 6.16. The molecule has 0 spiro atoms. The summed E-state index contributed by atoms with van der Waals surface area (Å²) in [6.07, 6.45) is 0. The molecule has 0 atom stereocenters. The first-order valence-corrected chi connectivity index (χ1v) is 8.76. The van der Waals surface area contributed by atoms with Gasteiger partial charge in [-0.15, -0.1) is 0 Å². The Labute approximate surface area is 154 Å². The van der Waals surface area contributed by atoms with E-state index in [0.29, 0.717) is 13.2 Å². The summed E-state index contributed by atoms with van der Waals surface area (Å²) in [6, 6.07) is 22.3. The van der Waals surface area contributed by atoms with Crippen molar-refractivity contribution in [3.8, 4) is 5.75 Å². The molecule has 0 radical (unpaired) electrons. The van der Waals surface area contributed by atoms with E-state index in [2.05, 4.69) is 43.4 Å². The van der Waals surface area contributed by atoms with Crippen LogP contribution in [-0.2, 0) is 13.2 Å². The third-order valence-corrected chi connectivity index (χ3v) is 4.54. The SMILES string of the molecule is Cc1ccc(C)c(NCc2ccccc2OCc2ccccc2Cl)c1. The second kappa shape index (κ2) is 8.09. The van der Waals surface area contributed by atoms with E-state index in [1.807, 2.05) is 42.5 Å². The quantitative estimate of drug-likeness (QED) is 0.575. The lowest BCUT2D eigenvalue weighted by molar-refractivity contribution is 0.303. The second-order valence-corrected chi connectivity index (χ2v) is 6.57. The summed E-state index contributed by atoms with van der Waals surface area (Å²) in [6.45, 7) is 5.38. The van der Waals surface area contributed by atoms with Crippen LogP contribution in [-0.4, -0.2) is 0 Å². The van der Waals surface area contributed by atoms with Gasteiger partial charge in [0, 0.05) is 28.4 Å². The third kappa shape index (κ3) is 4.55. The highest BCUT2D eigenvalue weighted by molar-refractivity contribution is 6.31. The lowest BCUT2D eigenvalue weighted by Gasteiger charge is -2.15. The van der Waals surface area contributed by atoms with Gasteiger partial charge in [0.15, 0.2) is 0 Å². The van der Waals surface area contributed by atoms with Crippen LogP contribution in [0, 0.1) is 13.8 Å². The van der Waals surface area contributed by atoms with Gasteiger partial charge in [0.25, 0.3) is 0 Å². The molecule has 1 N–H and O–H groups in total. The molecule has 2 nitrogen and oxygen atoms in total. The van der Waals surface area contributed by atoms with Gasteiger partial charge in [-0.25, -0.2) is 0 Å². The lowest BCUT2D eigenvalue weighted by atomic mass is 10.1. The predicted molar refractivity (Wildman–Crippen MR) is 105 cm³/mol. The van der Waals surface area contributed by atoms with Crippen molar-refractivity contribution in [3.05, 3.63) is 94.0 Å². The average Bonchev–Trinajstić information content (AvgIpc) is 2.62. The van der Waals surface area contributed by atoms with Crippen LogP contribution >= 0.6 is 11.6 Å². The minimum atomic E-state index is 0.458. The predicted octanol–water partition coefficient (Wildman–Crippen LogP) is 6.15. The Bertz CT molecular complexity index is 860. The van der Waals surface area contributed by atoms with E-state index in [0.717, 1.165) is 27.6 Å². The molecule has 0 bridgehead atoms. The first-order chi connectivity index (χ1) is 12.1. The standard InChI is InChI=1S/C22H22ClNO/c1-16-11-12-17(2)21(13-16)24-14-18-7-4-6-10-22(18)25-15-19-8-3-5-9-20(19)23/h3-13,24H,14-15H2,1-2H3. The summed E-state index contributed by atoms with van der Waals surface area (Å²) in [5, 5.41) is 4.24. The van der Waals surface area contributed by atoms with Gasteiger partial charge in [0.2, 0.25) is 0 Å². The van der Waals surface area contributed by atoms with E-state index in [-0.39, 0.29) is 0 Å². The largest absolute Gasteiger partial charge is 0.488 e. The maximum Gasteiger partial charge on any atom is 0.124 e. The molecule has 0 amide bonds. The van der Waals surface area contributed by atoms with Crippen molar-refractivity contribution < 1.29 is 4.74 Å². The Balaban J connectivity index is 1.70. The third-order valence-electron chi connectivity index (χ3n) is 4.18. The van der Waals surface area contributed by atoms with Crippen molar-refractivity contribution in [1.29, 1.82) is 0 Å². The summed E-state index contributed by atoms with van der Waals surface area (Å²) >= 11 is 6.21. The maximum atomic E-state index is 6.21. The molecule has 0 heterocycles. The number of benzene rings is 3. The number of nitrogens with one attached hydrogen (secondary N) is 1. The van der Waals surface area contributed by atoms with Gasteiger partial charge in [-0.2, -0.15) is 0 Å². The van der Waals surface area contributed by atoms with Crippen molar-refractivity contribution in [3.63, 3.8) is 0 Å². The van der Waals surface area contributed by atoms with Crippen molar-refractivity contribution in [1.82, 2.24) is 0 Å². The Morgan fingerprint density at radius 2 is 1.60 bits per heavy atom. The Morgan fingerprint density at radius 1 is 0.880 bits per heavy atom. The smallest absolute Gasteiger partial charge is 0.124 e. The number of hydrogen-bond donors (Lipinski definition) is 1. The van der Waals surface area contributed by atoms with Crippen LogP contribution in [0.2, 0.25) is 5.02 Å². The average molecular weight is 352 g/mol. The van der Waals surface area contributed by atoms with Gasteiger partial charge < -0.3 is 10.1 Å². The number of halogens is 1. The summed E-state index contributed by atoms with van der Waals surface area (Å²) in [7, 11) is 0. The van der Waals surface area contributed by atoms with E-state index < -0.39 is 0 Å². The van der Waals surface area contributed by atoms with Crippen LogP contribution in [0.25, 0.3) is 0 Å². The molecule has 0 aromatic heterocycles. The first kappa shape index (κ1) is 17.4. The minimum absolute atomic E-state index is 0.458. The van der Waals surface area contributed by atoms with Crippen LogP contribution < -0.4 is 10.1 Å². The van der Waals surface area contributed by atoms with Crippen LogP contribution in [0.15, 0.2) is 66.7 Å². The van der Waals surface area contributed by atoms with Crippen LogP contribution in [0.3, 0.4) is 0 Å². The molecule has 0 aliphatic heterocycles. The van der Waals surface area contributed by atoms with Crippen LogP contribution in [0.5, 0.6) is 5.75 Å². The number of para-hydroxylation sites is 1. The summed E-state index contributed by atoms with van der Waals surface area (Å²) in [5.41, 5.74) is 5.74. The monoisotopic (exact) mass is 351 g/mol. The first-order valence-electron chi connectivity index (χ1n) is 8.39. The molecule has 0 saturated heterocycles. The fourth-order valence-corrected chi connectivity index (χ4v) is 2.87. The molecule has 0 aliphatic rings. The Morgan fingerprint density at radius 3 is 2.40 bits per heavy atom. The normalized spacial score (nSPS) is 10.5. The number of anilines is 1. The molecular weight excluding hydrogens is 330 g/mol. The molecule has 0 aliphatic carbocycles. The van der Waals surface area contributed by atoms with E-state index in [9.17, 15) is 0 Å². The topological polar surface area (TPSA) is 21.3 Å². The summed E-state index contributed by atoms with van der Waals surface area (Å²) < 4.78 is 6.02. The zero-order valence-electron chi connectivity index (χ0n) is 14.6. The van der Waals surface area contributed by atoms with Crippen molar-refractivity contribution in [2.24, 2.45) is 0 Å². The van der Waals surface area contributed by atoms with E-state index in [1.54, 1.807) is 0 Å². The number of ether oxygens (including phenoxy) is 1. The fourth-order valence-electron chi connectivity index (χ4n) is 2.68. The molecule has 0 unspecified atom stereocenters. The minimum Gasteiger partial charge on any atom is -0.488 e. The number of hydrogen-bond acceptors (Lipinski definition) is 2. The van der Waals surface area contributed by atoms with Crippen LogP contribution in [0.4, 0.5) is 5.69 Å². The van der Waals surface area contributed by atoms with Crippen LogP contribution in [0.1, 0.15) is 22.3 Å². The van der Waals surface area contributed by atoms with Crippen molar-refractivity contribution in [2.75, 3.05) is 5.32 Å². The van der Waals surface area contributed by atoms with Gasteiger partial charge in [-0.1, -0.05) is 60.1 Å². The molecule has 3 heteroatoms. The van der Waals surface area contributed by atoms with Gasteiger partial charge in [-0.05, 0) is 43.2 Å². The molecule has 25 heavy (non-hydrogen) atoms. The lowest BCUT2D eigenvalue weighted by Crippen LogP contribution is -2.05. The fraction of sp³-hybridized carbons (Fsp3) is 0.182. The zero-order valence-corrected chi connectivity index (χ0v) is 15.3. The van der Waals surface area contributed by atoms with Crippen molar-refractivity contribution in [2.45, 2.75) is 27.0 Å².